The highest BCUT2D eigenvalue weighted by Gasteiger charge is 2.50. The van der Waals surface area contributed by atoms with E-state index in [9.17, 15) is 0 Å². The molecule has 6 atom stereocenters. The van der Waals surface area contributed by atoms with Gasteiger partial charge in [0.1, 0.15) is 0 Å². The third kappa shape index (κ3) is 6.97. The molecule has 0 heterocycles. The second kappa shape index (κ2) is 11.7. The molecule has 0 aromatic carbocycles. The van der Waals surface area contributed by atoms with Crippen LogP contribution in [0, 0.1) is 23.2 Å². The predicted octanol–water partition coefficient (Wildman–Crippen LogP) is 11.2. The van der Waals surface area contributed by atoms with E-state index in [1.165, 1.54) is 49.7 Å². The van der Waals surface area contributed by atoms with Crippen LogP contribution in [0.2, 0.25) is 36.3 Å². The smallest absolute Gasteiger partial charge is 0.192 e. The summed E-state index contributed by atoms with van der Waals surface area (Å²) in [4.78, 5) is 0. The van der Waals surface area contributed by atoms with E-state index < -0.39 is 16.6 Å². The van der Waals surface area contributed by atoms with Crippen LogP contribution in [0.1, 0.15) is 114 Å². The van der Waals surface area contributed by atoms with Crippen LogP contribution < -0.4 is 0 Å². The van der Waals surface area contributed by atoms with Gasteiger partial charge in [-0.05, 0) is 109 Å². The van der Waals surface area contributed by atoms with Gasteiger partial charge in [-0.3, -0.25) is 0 Å². The van der Waals surface area contributed by atoms with Crippen molar-refractivity contribution in [2.45, 2.75) is 162 Å². The molecular formula is C35H64O2Si2. The van der Waals surface area contributed by atoms with Crippen molar-refractivity contribution in [1.29, 1.82) is 0 Å². The Hall–Kier alpha value is -0.426. The maximum atomic E-state index is 7.06. The maximum Gasteiger partial charge on any atom is 0.192 e. The van der Waals surface area contributed by atoms with Crippen LogP contribution in [0.15, 0.2) is 35.5 Å². The van der Waals surface area contributed by atoms with E-state index in [1.54, 1.807) is 5.57 Å². The first-order valence-corrected chi connectivity index (χ1v) is 22.0. The van der Waals surface area contributed by atoms with Gasteiger partial charge >= 0.3 is 0 Å². The van der Waals surface area contributed by atoms with E-state index in [1.807, 2.05) is 0 Å². The molecule has 4 heteroatoms. The zero-order chi connectivity index (χ0) is 29.6. The van der Waals surface area contributed by atoms with Crippen molar-refractivity contribution in [3.05, 3.63) is 35.5 Å². The van der Waals surface area contributed by atoms with Crippen LogP contribution in [0.3, 0.4) is 0 Å². The number of allylic oxidation sites excluding steroid dienone is 3. The summed E-state index contributed by atoms with van der Waals surface area (Å²) < 4.78 is 14.1. The Labute approximate surface area is 245 Å². The van der Waals surface area contributed by atoms with Crippen molar-refractivity contribution in [2.24, 2.45) is 23.2 Å². The SMILES string of the molecule is C=C1/C(=C\C=C2/CCC[C@]3(C)[C@@H]([C@@H](C)CC)CC[C@@H]23)C[C@@H](O[Si](C)(C)C(C)(C)C)C[C@@H]1O[Si](C)(C)C(C)(C)C. The van der Waals surface area contributed by atoms with Crippen molar-refractivity contribution >= 4 is 16.6 Å². The van der Waals surface area contributed by atoms with Gasteiger partial charge in [0.15, 0.2) is 16.6 Å². The molecule has 3 fully saturated rings. The van der Waals surface area contributed by atoms with Crippen LogP contribution in [0.4, 0.5) is 0 Å². The molecule has 0 radical (unpaired) electrons. The summed E-state index contributed by atoms with van der Waals surface area (Å²) in [5.41, 5.74) is 4.74. The minimum atomic E-state index is -1.94. The standard InChI is InChI=1S/C35H64O2Si2/c1-15-25(2)30-20-21-31-27(17-16-22-35(30,31)10)18-19-28-23-29(36-38(11,12)33(4,5)6)24-32(26(28)3)37-39(13,14)34(7,8)9/h18-19,25,29-32H,3,15-17,20-24H2,1-2,4-14H3/b27-18+,28-19-/t25-,29+,30+,31-,32-,35+/m0/s1. The van der Waals surface area contributed by atoms with Crippen molar-refractivity contribution < 1.29 is 8.85 Å². The minimum absolute atomic E-state index is 0.0527. The summed E-state index contributed by atoms with van der Waals surface area (Å²) in [6, 6.07) is 0. The van der Waals surface area contributed by atoms with E-state index >= 15 is 0 Å². The molecular weight excluding hydrogens is 509 g/mol. The molecule has 3 aliphatic carbocycles. The molecule has 0 aromatic rings. The summed E-state index contributed by atoms with van der Waals surface area (Å²) in [6.07, 6.45) is 15.2. The first-order chi connectivity index (χ1) is 17.7. The number of fused-ring (bicyclic) bond motifs is 1. The average molecular weight is 573 g/mol. The Bertz CT molecular complexity index is 945. The molecule has 3 rings (SSSR count). The van der Waals surface area contributed by atoms with Crippen molar-refractivity contribution in [1.82, 2.24) is 0 Å². The normalized spacial score (nSPS) is 34.0. The van der Waals surface area contributed by atoms with Crippen molar-refractivity contribution in [3.8, 4) is 0 Å². The number of hydrogen-bond acceptors (Lipinski definition) is 2. The molecule has 3 aliphatic rings. The molecule has 39 heavy (non-hydrogen) atoms. The van der Waals surface area contributed by atoms with Gasteiger partial charge in [0.05, 0.1) is 12.2 Å². The monoisotopic (exact) mass is 572 g/mol. The Morgan fingerprint density at radius 2 is 1.56 bits per heavy atom. The van der Waals surface area contributed by atoms with E-state index in [-0.39, 0.29) is 22.3 Å². The second-order valence-corrected chi connectivity index (χ2v) is 26.3. The van der Waals surface area contributed by atoms with Gasteiger partial charge < -0.3 is 8.85 Å². The molecule has 0 aliphatic heterocycles. The zero-order valence-electron chi connectivity index (χ0n) is 28.2. The summed E-state index contributed by atoms with van der Waals surface area (Å²) in [6.45, 7) is 35.7. The molecule has 224 valence electrons. The first-order valence-electron chi connectivity index (χ1n) is 16.2. The van der Waals surface area contributed by atoms with Gasteiger partial charge in [0.25, 0.3) is 0 Å². The summed E-state index contributed by atoms with van der Waals surface area (Å²) in [7, 11) is -3.83. The average Bonchev–Trinajstić information content (AvgIpc) is 3.15. The summed E-state index contributed by atoms with van der Waals surface area (Å²) in [5.74, 6) is 2.45. The third-order valence-electron chi connectivity index (χ3n) is 12.1. The molecule has 0 amide bonds. The Balaban J connectivity index is 1.93. The lowest BCUT2D eigenvalue weighted by Gasteiger charge is -2.46. The van der Waals surface area contributed by atoms with Crippen LogP contribution in [0.5, 0.6) is 0 Å². The largest absolute Gasteiger partial charge is 0.413 e. The highest BCUT2D eigenvalue weighted by atomic mass is 28.4. The Morgan fingerprint density at radius 1 is 0.974 bits per heavy atom. The molecule has 0 bridgehead atoms. The molecule has 2 nitrogen and oxygen atoms in total. The molecule has 0 spiro atoms. The van der Waals surface area contributed by atoms with E-state index in [0.29, 0.717) is 5.41 Å². The van der Waals surface area contributed by atoms with Gasteiger partial charge in [0.2, 0.25) is 0 Å². The lowest BCUT2D eigenvalue weighted by molar-refractivity contribution is 0.0955. The van der Waals surface area contributed by atoms with E-state index in [0.717, 1.165) is 30.6 Å². The quantitative estimate of drug-likeness (QED) is 0.282. The first kappa shape index (κ1) is 33.1. The fourth-order valence-corrected chi connectivity index (χ4v) is 9.93. The topological polar surface area (TPSA) is 18.5 Å². The van der Waals surface area contributed by atoms with Crippen LogP contribution in [-0.2, 0) is 8.85 Å². The number of rotatable bonds is 7. The fourth-order valence-electron chi connectivity index (χ4n) is 7.26. The number of hydrogen-bond donors (Lipinski definition) is 0. The van der Waals surface area contributed by atoms with E-state index in [4.69, 9.17) is 8.85 Å². The Kier molecular flexibility index (Phi) is 9.91. The van der Waals surface area contributed by atoms with Gasteiger partial charge in [-0.1, -0.05) is 93.0 Å². The molecule has 0 aromatic heterocycles. The fraction of sp³-hybridized carbons (Fsp3) is 0.829. The predicted molar refractivity (Wildman–Crippen MR) is 176 cm³/mol. The van der Waals surface area contributed by atoms with Gasteiger partial charge in [-0.25, -0.2) is 0 Å². The summed E-state index contributed by atoms with van der Waals surface area (Å²) >= 11 is 0. The van der Waals surface area contributed by atoms with E-state index in [2.05, 4.69) is 107 Å². The lowest BCUT2D eigenvalue weighted by Crippen LogP contribution is -2.49. The zero-order valence-corrected chi connectivity index (χ0v) is 30.2. The van der Waals surface area contributed by atoms with Gasteiger partial charge in [-0.2, -0.15) is 0 Å². The minimum Gasteiger partial charge on any atom is -0.413 e. The van der Waals surface area contributed by atoms with Crippen molar-refractivity contribution in [3.63, 3.8) is 0 Å². The van der Waals surface area contributed by atoms with Gasteiger partial charge in [0, 0.05) is 6.42 Å². The van der Waals surface area contributed by atoms with Crippen LogP contribution in [-0.4, -0.2) is 28.8 Å². The second-order valence-electron chi connectivity index (χ2n) is 16.7. The third-order valence-corrected chi connectivity index (χ3v) is 21.1. The highest BCUT2D eigenvalue weighted by molar-refractivity contribution is 6.74. The summed E-state index contributed by atoms with van der Waals surface area (Å²) in [5, 5.41) is 0.373. The van der Waals surface area contributed by atoms with Crippen LogP contribution in [0.25, 0.3) is 0 Å². The molecule has 0 unspecified atom stereocenters. The van der Waals surface area contributed by atoms with Crippen molar-refractivity contribution in [2.75, 3.05) is 0 Å². The molecule has 0 saturated heterocycles. The Morgan fingerprint density at radius 3 is 2.13 bits per heavy atom. The lowest BCUT2D eigenvalue weighted by atomic mass is 9.61. The molecule has 0 N–H and O–H groups in total. The molecule has 3 saturated carbocycles. The maximum absolute atomic E-state index is 7.06. The van der Waals surface area contributed by atoms with Crippen LogP contribution >= 0.6 is 0 Å². The van der Waals surface area contributed by atoms with Gasteiger partial charge in [-0.15, -0.1) is 0 Å². The highest BCUT2D eigenvalue weighted by Crippen LogP contribution is 2.59.